The van der Waals surface area contributed by atoms with Gasteiger partial charge in [-0.1, -0.05) is 0 Å². The summed E-state index contributed by atoms with van der Waals surface area (Å²) in [6.45, 7) is 0. The zero-order valence-corrected chi connectivity index (χ0v) is 9.30. The quantitative estimate of drug-likeness (QED) is 0.386. The van der Waals surface area contributed by atoms with Gasteiger partial charge < -0.3 is 45.0 Å². The molecule has 0 aromatic rings. The van der Waals surface area contributed by atoms with Crippen molar-refractivity contribution in [2.75, 3.05) is 0 Å². The summed E-state index contributed by atoms with van der Waals surface area (Å²) in [5.74, 6) is 0. The number of carbonyl (C=O) groups is 3. The van der Waals surface area contributed by atoms with E-state index in [1.165, 1.54) is 0 Å². The summed E-state index contributed by atoms with van der Waals surface area (Å²) < 4.78 is 0. The molecule has 0 aliphatic heterocycles. The summed E-state index contributed by atoms with van der Waals surface area (Å²) in [4.78, 5) is 25.0. The van der Waals surface area contributed by atoms with Crippen molar-refractivity contribution >= 4 is 18.5 Å². The molecule has 0 aliphatic rings. The molecule has 0 unspecified atom stereocenters. The maximum atomic E-state index is 8.33. The van der Waals surface area contributed by atoms with E-state index in [2.05, 4.69) is 0 Å². The molecule has 11 heteroatoms. The van der Waals surface area contributed by atoms with Gasteiger partial charge in [-0.15, -0.1) is 0 Å². The summed E-state index contributed by atoms with van der Waals surface area (Å²) in [5, 5.41) is 50.0. The summed E-state index contributed by atoms with van der Waals surface area (Å²) in [5.41, 5.74) is 0. The van der Waals surface area contributed by atoms with Crippen LogP contribution >= 0.6 is 0 Å². The Morgan fingerprint density at radius 1 is 0.500 bits per heavy atom. The molecule has 0 amide bonds. The van der Waals surface area contributed by atoms with Gasteiger partial charge in [0.2, 0.25) is 0 Å². The third kappa shape index (κ3) is 2030. The molecule has 14 heavy (non-hydrogen) atoms. The van der Waals surface area contributed by atoms with Gasteiger partial charge in [-0.2, -0.15) is 0 Å². The number of carbonyl (C=O) groups excluding carboxylic acids is 3. The first kappa shape index (κ1) is 29.2. The van der Waals surface area contributed by atoms with Crippen LogP contribution in [0, 0.1) is 0 Å². The van der Waals surface area contributed by atoms with Crippen molar-refractivity contribution in [3.8, 4) is 0 Å². The standard InChI is InChI=1S/3CH2O3.2Ti/c3*2-1(3)4;;/h3*(H2,2,3,4);;/q;;;2*+3/p-6. The van der Waals surface area contributed by atoms with Crippen molar-refractivity contribution in [3.05, 3.63) is 0 Å². The van der Waals surface area contributed by atoms with Crippen molar-refractivity contribution < 1.29 is 88.5 Å². The van der Waals surface area contributed by atoms with E-state index >= 15 is 0 Å². The van der Waals surface area contributed by atoms with E-state index in [0.29, 0.717) is 0 Å². The molecule has 0 bridgehead atoms. The fraction of sp³-hybridized carbons (Fsp3) is 0. The Balaban J connectivity index is -0.0000000270. The topological polar surface area (TPSA) is 190 Å². The molecule has 9 nitrogen and oxygen atoms in total. The van der Waals surface area contributed by atoms with Crippen molar-refractivity contribution in [2.24, 2.45) is 0 Å². The Kier molecular flexibility index (Phi) is 47.5. The average Bonchev–Trinajstić information content (AvgIpc) is 1.54. The molecule has 0 rings (SSSR count). The molecular weight excluding hydrogens is 276 g/mol. The van der Waals surface area contributed by atoms with Crippen LogP contribution in [-0.4, -0.2) is 18.5 Å². The van der Waals surface area contributed by atoms with Crippen LogP contribution < -0.4 is 30.6 Å². The van der Waals surface area contributed by atoms with Gasteiger partial charge in [0.15, 0.2) is 0 Å². The smallest absolute Gasteiger partial charge is 0.652 e. The van der Waals surface area contributed by atoms with Crippen LogP contribution in [-0.2, 0) is 43.4 Å². The molecule has 0 spiro atoms. The van der Waals surface area contributed by atoms with Crippen molar-refractivity contribution in [1.29, 1.82) is 0 Å². The molecule has 0 saturated carbocycles. The number of rotatable bonds is 0. The van der Waals surface area contributed by atoms with Crippen LogP contribution in [0.15, 0.2) is 0 Å². The first-order valence-corrected chi connectivity index (χ1v) is 1.84. The van der Waals surface area contributed by atoms with E-state index in [0.717, 1.165) is 0 Å². The van der Waals surface area contributed by atoms with Crippen molar-refractivity contribution in [2.45, 2.75) is 0 Å². The second-order valence-corrected chi connectivity index (χ2v) is 0.750. The molecule has 0 N–H and O–H groups in total. The minimum atomic E-state index is -2.33. The SMILES string of the molecule is O=C([O-])[O-].O=C([O-])[O-].O=C([O-])[O-].[Ti+3].[Ti+3]. The second kappa shape index (κ2) is 22.8. The molecule has 74 valence electrons. The Labute approximate surface area is 107 Å². The van der Waals surface area contributed by atoms with E-state index in [4.69, 9.17) is 45.0 Å². The van der Waals surface area contributed by atoms with Crippen LogP contribution in [0.5, 0.6) is 0 Å². The minimum Gasteiger partial charge on any atom is -0.652 e. The van der Waals surface area contributed by atoms with Gasteiger partial charge in [0.1, 0.15) is 0 Å². The summed E-state index contributed by atoms with van der Waals surface area (Å²) in [6.07, 6.45) is -7.00. The van der Waals surface area contributed by atoms with E-state index < -0.39 is 18.5 Å². The maximum Gasteiger partial charge on any atom is 3.00 e. The Morgan fingerprint density at radius 3 is 0.500 bits per heavy atom. The monoisotopic (exact) mass is 276 g/mol. The fourth-order valence-corrected chi connectivity index (χ4v) is 0. The molecule has 2 radical (unpaired) electrons. The largest absolute Gasteiger partial charge is 3.00 e. The Bertz CT molecular complexity index is 116. The molecule has 0 saturated heterocycles. The summed E-state index contributed by atoms with van der Waals surface area (Å²) in [6, 6.07) is 0. The molecule has 0 aromatic heterocycles. The van der Waals surface area contributed by atoms with E-state index in [1.54, 1.807) is 0 Å². The predicted molar refractivity (Wildman–Crippen MR) is 16.2 cm³/mol. The van der Waals surface area contributed by atoms with E-state index in [9.17, 15) is 0 Å². The van der Waals surface area contributed by atoms with Crippen molar-refractivity contribution in [1.82, 2.24) is 0 Å². The maximum absolute atomic E-state index is 8.33. The van der Waals surface area contributed by atoms with Gasteiger partial charge in [0.05, 0.1) is 0 Å². The van der Waals surface area contributed by atoms with Crippen molar-refractivity contribution in [3.63, 3.8) is 0 Å². The van der Waals surface area contributed by atoms with Crippen LogP contribution in [0.4, 0.5) is 14.4 Å². The zero-order valence-electron chi connectivity index (χ0n) is 6.17. The van der Waals surface area contributed by atoms with Crippen LogP contribution in [0.2, 0.25) is 0 Å². The minimum absolute atomic E-state index is 0. The molecule has 0 atom stereocenters. The molecular formula is C3O9Ti2. The second-order valence-electron chi connectivity index (χ2n) is 0.750. The number of hydrogen-bond acceptors (Lipinski definition) is 9. The first-order valence-electron chi connectivity index (χ1n) is 1.84. The third-order valence-electron chi connectivity index (χ3n) is 0. The van der Waals surface area contributed by atoms with Gasteiger partial charge >= 0.3 is 43.4 Å². The normalized spacial score (nSPS) is 5.14. The van der Waals surface area contributed by atoms with Gasteiger partial charge in [0.25, 0.3) is 0 Å². The predicted octanol–water partition coefficient (Wildman–Crippen LogP) is -7.35. The fourth-order valence-electron chi connectivity index (χ4n) is 0. The zero-order chi connectivity index (χ0) is 10.7. The van der Waals surface area contributed by atoms with Gasteiger partial charge in [0, 0.05) is 0 Å². The summed E-state index contributed by atoms with van der Waals surface area (Å²) >= 11 is 0. The molecule has 0 aromatic carbocycles. The van der Waals surface area contributed by atoms with Gasteiger partial charge in [-0.25, -0.2) is 0 Å². The number of carboxylic acid groups (broad SMARTS) is 6. The number of hydrogen-bond donors (Lipinski definition) is 0. The van der Waals surface area contributed by atoms with Crippen LogP contribution in [0.25, 0.3) is 0 Å². The van der Waals surface area contributed by atoms with Crippen LogP contribution in [0.1, 0.15) is 0 Å². The molecule has 0 fully saturated rings. The molecule has 0 aliphatic carbocycles. The van der Waals surface area contributed by atoms with Crippen LogP contribution in [0.3, 0.4) is 0 Å². The average molecular weight is 276 g/mol. The Hall–Kier alpha value is -0.761. The third-order valence-corrected chi connectivity index (χ3v) is 0. The van der Waals surface area contributed by atoms with Gasteiger partial charge in [-0.3, -0.25) is 0 Å². The first-order chi connectivity index (χ1) is 5.20. The van der Waals surface area contributed by atoms with E-state index in [-0.39, 0.29) is 43.4 Å². The van der Waals surface area contributed by atoms with Gasteiger partial charge in [-0.05, 0) is 18.5 Å². The summed E-state index contributed by atoms with van der Waals surface area (Å²) in [7, 11) is 0. The molecule has 0 heterocycles. The Morgan fingerprint density at radius 2 is 0.500 bits per heavy atom. The van der Waals surface area contributed by atoms with E-state index in [1.807, 2.05) is 0 Å².